The molecule has 172 valence electrons. The number of halogens is 1. The van der Waals surface area contributed by atoms with Crippen LogP contribution in [0.15, 0.2) is 83.7 Å². The van der Waals surface area contributed by atoms with E-state index >= 15 is 0 Å². The van der Waals surface area contributed by atoms with Crippen LogP contribution in [0.25, 0.3) is 11.0 Å². The number of fused-ring (bicyclic) bond motifs is 1. The molecule has 4 aromatic rings. The molecule has 0 bridgehead atoms. The first-order valence-electron chi connectivity index (χ1n) is 11.2. The zero-order valence-corrected chi connectivity index (χ0v) is 19.3. The Hall–Kier alpha value is -3.84. The van der Waals surface area contributed by atoms with Gasteiger partial charge in [0, 0.05) is 36.9 Å². The maximum atomic E-state index is 13.5. The Morgan fingerprint density at radius 1 is 0.912 bits per heavy atom. The molecule has 0 saturated carbocycles. The minimum atomic E-state index is -0.185. The van der Waals surface area contributed by atoms with Crippen molar-refractivity contribution in [2.45, 2.75) is 6.54 Å². The molecule has 0 aliphatic carbocycles. The van der Waals surface area contributed by atoms with Crippen molar-refractivity contribution in [1.29, 1.82) is 0 Å². The lowest BCUT2D eigenvalue weighted by molar-refractivity contribution is 0.208. The van der Waals surface area contributed by atoms with E-state index in [-0.39, 0.29) is 11.6 Å². The van der Waals surface area contributed by atoms with Gasteiger partial charge in [0.25, 0.3) is 5.56 Å². The van der Waals surface area contributed by atoms with Crippen molar-refractivity contribution < 1.29 is 4.79 Å². The van der Waals surface area contributed by atoms with E-state index in [1.54, 1.807) is 33.7 Å². The van der Waals surface area contributed by atoms with Crippen LogP contribution < -0.4 is 15.8 Å². The average Bonchev–Trinajstić information content (AvgIpc) is 2.86. The van der Waals surface area contributed by atoms with Gasteiger partial charge in [-0.3, -0.25) is 9.36 Å². The van der Waals surface area contributed by atoms with E-state index < -0.39 is 0 Å². The Bertz CT molecular complexity index is 1380. The zero-order chi connectivity index (χ0) is 23.5. The van der Waals surface area contributed by atoms with E-state index in [2.05, 4.69) is 5.32 Å². The topological polar surface area (TPSA) is 70.5 Å². The summed E-state index contributed by atoms with van der Waals surface area (Å²) >= 11 is 6.01. The SMILES string of the molecule is O=C(Nc1cccc(Cl)c1)N1CCN(c2nc3ccccc3n(Cc3ccccc3)c2=O)CC1. The molecule has 1 aromatic heterocycles. The molecular weight excluding hydrogens is 450 g/mol. The highest BCUT2D eigenvalue weighted by atomic mass is 35.5. The van der Waals surface area contributed by atoms with Gasteiger partial charge in [-0.15, -0.1) is 0 Å². The molecule has 0 radical (unpaired) electrons. The number of rotatable bonds is 4. The summed E-state index contributed by atoms with van der Waals surface area (Å²) in [6.07, 6.45) is 0. The Morgan fingerprint density at radius 2 is 1.65 bits per heavy atom. The molecule has 1 aliphatic heterocycles. The van der Waals surface area contributed by atoms with E-state index in [1.807, 2.05) is 59.5 Å². The first-order chi connectivity index (χ1) is 16.6. The molecule has 3 aromatic carbocycles. The number of urea groups is 1. The third kappa shape index (κ3) is 4.61. The lowest BCUT2D eigenvalue weighted by Crippen LogP contribution is -2.51. The number of para-hydroxylation sites is 2. The van der Waals surface area contributed by atoms with Crippen LogP contribution in [0, 0.1) is 0 Å². The summed E-state index contributed by atoms with van der Waals surface area (Å²) in [6, 6.07) is 24.5. The van der Waals surface area contributed by atoms with Crippen molar-refractivity contribution in [2.24, 2.45) is 0 Å². The molecule has 1 saturated heterocycles. The van der Waals surface area contributed by atoms with Gasteiger partial charge in [0.1, 0.15) is 0 Å². The number of aromatic nitrogens is 2. The maximum absolute atomic E-state index is 13.5. The Kier molecular flexibility index (Phi) is 6.18. The van der Waals surface area contributed by atoms with Crippen LogP contribution >= 0.6 is 11.6 Å². The van der Waals surface area contributed by atoms with Gasteiger partial charge < -0.3 is 15.1 Å². The number of hydrogen-bond donors (Lipinski definition) is 1. The smallest absolute Gasteiger partial charge is 0.321 e. The van der Waals surface area contributed by atoms with Gasteiger partial charge in [-0.1, -0.05) is 60.1 Å². The van der Waals surface area contributed by atoms with Crippen LogP contribution in [0.4, 0.5) is 16.3 Å². The van der Waals surface area contributed by atoms with Gasteiger partial charge >= 0.3 is 6.03 Å². The third-order valence-electron chi connectivity index (χ3n) is 5.96. The van der Waals surface area contributed by atoms with Crippen molar-refractivity contribution in [2.75, 3.05) is 36.4 Å². The molecule has 2 heterocycles. The van der Waals surface area contributed by atoms with E-state index in [1.165, 1.54) is 0 Å². The van der Waals surface area contributed by atoms with Crippen LogP contribution in [-0.2, 0) is 6.54 Å². The largest absolute Gasteiger partial charge is 0.348 e. The summed E-state index contributed by atoms with van der Waals surface area (Å²) in [7, 11) is 0. The fourth-order valence-corrected chi connectivity index (χ4v) is 4.39. The second-order valence-electron chi connectivity index (χ2n) is 8.22. The molecule has 2 amide bonds. The first-order valence-corrected chi connectivity index (χ1v) is 11.6. The van der Waals surface area contributed by atoms with Crippen LogP contribution in [0.1, 0.15) is 5.56 Å². The summed E-state index contributed by atoms with van der Waals surface area (Å²) in [6.45, 7) is 2.49. The summed E-state index contributed by atoms with van der Waals surface area (Å²) < 4.78 is 1.78. The van der Waals surface area contributed by atoms with E-state index in [0.717, 1.165) is 16.6 Å². The number of hydrogen-bond acceptors (Lipinski definition) is 4. The van der Waals surface area contributed by atoms with Crippen molar-refractivity contribution in [1.82, 2.24) is 14.5 Å². The summed E-state index contributed by atoms with van der Waals surface area (Å²) in [5, 5.41) is 3.45. The molecular formula is C26H24ClN5O2. The molecule has 0 unspecified atom stereocenters. The molecule has 1 aliphatic rings. The van der Waals surface area contributed by atoms with Crippen LogP contribution in [-0.4, -0.2) is 46.7 Å². The third-order valence-corrected chi connectivity index (χ3v) is 6.20. The molecule has 8 heteroatoms. The van der Waals surface area contributed by atoms with Crippen molar-refractivity contribution >= 4 is 40.2 Å². The summed E-state index contributed by atoms with van der Waals surface area (Å²) in [4.78, 5) is 34.6. The number of anilines is 2. The highest BCUT2D eigenvalue weighted by molar-refractivity contribution is 6.30. The monoisotopic (exact) mass is 473 g/mol. The summed E-state index contributed by atoms with van der Waals surface area (Å²) in [5.41, 5.74) is 3.16. The van der Waals surface area contributed by atoms with Gasteiger partial charge in [0.05, 0.1) is 17.6 Å². The van der Waals surface area contributed by atoms with Crippen molar-refractivity contribution in [3.63, 3.8) is 0 Å². The molecule has 7 nitrogen and oxygen atoms in total. The fraction of sp³-hybridized carbons (Fsp3) is 0.192. The second-order valence-corrected chi connectivity index (χ2v) is 8.65. The predicted molar refractivity (Wildman–Crippen MR) is 136 cm³/mol. The molecule has 1 N–H and O–H groups in total. The van der Waals surface area contributed by atoms with Crippen molar-refractivity contribution in [3.8, 4) is 0 Å². The Morgan fingerprint density at radius 3 is 2.41 bits per heavy atom. The number of amides is 2. The normalized spacial score (nSPS) is 13.8. The van der Waals surface area contributed by atoms with Gasteiger partial charge in [-0.25, -0.2) is 9.78 Å². The van der Waals surface area contributed by atoms with E-state index in [9.17, 15) is 9.59 Å². The second kappa shape index (κ2) is 9.57. The lowest BCUT2D eigenvalue weighted by atomic mass is 10.2. The van der Waals surface area contributed by atoms with Gasteiger partial charge in [-0.2, -0.15) is 0 Å². The Balaban J connectivity index is 1.36. The minimum Gasteiger partial charge on any atom is -0.348 e. The summed E-state index contributed by atoms with van der Waals surface area (Å²) in [5.74, 6) is 0.421. The Labute approximate surface area is 202 Å². The van der Waals surface area contributed by atoms with Gasteiger partial charge in [0.15, 0.2) is 5.82 Å². The van der Waals surface area contributed by atoms with Crippen LogP contribution in [0.2, 0.25) is 5.02 Å². The predicted octanol–water partition coefficient (Wildman–Crippen LogP) is 4.45. The molecule has 0 atom stereocenters. The van der Waals surface area contributed by atoms with Gasteiger partial charge in [-0.05, 0) is 35.9 Å². The zero-order valence-electron chi connectivity index (χ0n) is 18.5. The van der Waals surface area contributed by atoms with E-state index in [4.69, 9.17) is 16.6 Å². The average molecular weight is 474 g/mol. The maximum Gasteiger partial charge on any atom is 0.321 e. The molecule has 1 fully saturated rings. The first kappa shape index (κ1) is 22.0. The quantitative estimate of drug-likeness (QED) is 0.475. The molecule has 0 spiro atoms. The number of carbonyl (C=O) groups is 1. The lowest BCUT2D eigenvalue weighted by Gasteiger charge is -2.35. The van der Waals surface area contributed by atoms with Crippen molar-refractivity contribution in [3.05, 3.63) is 99.8 Å². The number of nitrogens with zero attached hydrogens (tertiary/aromatic N) is 4. The number of nitrogens with one attached hydrogen (secondary N) is 1. The minimum absolute atomic E-state index is 0.126. The van der Waals surface area contributed by atoms with E-state index in [0.29, 0.717) is 49.3 Å². The fourth-order valence-electron chi connectivity index (χ4n) is 4.20. The van der Waals surface area contributed by atoms with Gasteiger partial charge in [0.2, 0.25) is 0 Å². The molecule has 5 rings (SSSR count). The molecule has 34 heavy (non-hydrogen) atoms. The highest BCUT2D eigenvalue weighted by Gasteiger charge is 2.25. The highest BCUT2D eigenvalue weighted by Crippen LogP contribution is 2.19. The number of piperazine rings is 1. The number of carbonyl (C=O) groups excluding carboxylic acids is 1. The standard InChI is InChI=1S/C26H24ClN5O2/c27-20-9-6-10-21(17-20)28-26(34)31-15-13-30(14-16-31)24-25(33)32(18-19-7-2-1-3-8-19)23-12-5-4-11-22(23)29-24/h1-12,17H,13-16,18H2,(H,28,34). The van der Waals surface area contributed by atoms with Crippen LogP contribution in [0.5, 0.6) is 0 Å². The number of benzene rings is 3. The van der Waals surface area contributed by atoms with Crippen LogP contribution in [0.3, 0.4) is 0 Å².